The Balaban J connectivity index is 2.11. The number of nitro benzene ring substituents is 1. The maximum Gasteiger partial charge on any atom is 0.305 e. The van der Waals surface area contributed by atoms with Gasteiger partial charge in [0.15, 0.2) is 11.5 Å². The van der Waals surface area contributed by atoms with Crippen molar-refractivity contribution in [2.45, 2.75) is 6.54 Å². The Hall–Kier alpha value is -3.16. The Kier molecular flexibility index (Phi) is 5.31. The van der Waals surface area contributed by atoms with Crippen LogP contribution in [0.1, 0.15) is 15.9 Å². The highest BCUT2D eigenvalue weighted by molar-refractivity contribution is 5.94. The lowest BCUT2D eigenvalue weighted by atomic mass is 10.1. The van der Waals surface area contributed by atoms with Crippen molar-refractivity contribution in [2.75, 3.05) is 14.2 Å². The summed E-state index contributed by atoms with van der Waals surface area (Å²) in [5, 5.41) is 13.3. The topological polar surface area (TPSA) is 90.7 Å². The van der Waals surface area contributed by atoms with Crippen LogP contribution in [0.5, 0.6) is 11.5 Å². The van der Waals surface area contributed by atoms with E-state index in [2.05, 4.69) is 5.32 Å². The highest BCUT2D eigenvalue weighted by atomic mass is 19.1. The molecule has 0 atom stereocenters. The fraction of sp³-hybridized carbons (Fsp3) is 0.188. The number of hydrogen-bond acceptors (Lipinski definition) is 5. The van der Waals surface area contributed by atoms with Gasteiger partial charge in [-0.2, -0.15) is 4.39 Å². The summed E-state index contributed by atoms with van der Waals surface area (Å²) in [6, 6.07) is 8.12. The molecular weight excluding hydrogens is 319 g/mol. The number of carbonyl (C=O) groups is 1. The van der Waals surface area contributed by atoms with Gasteiger partial charge in [0.1, 0.15) is 0 Å². The van der Waals surface area contributed by atoms with E-state index in [0.29, 0.717) is 11.5 Å². The van der Waals surface area contributed by atoms with Gasteiger partial charge >= 0.3 is 5.69 Å². The molecule has 0 aromatic heterocycles. The molecule has 0 aliphatic heterocycles. The van der Waals surface area contributed by atoms with Crippen molar-refractivity contribution in [1.29, 1.82) is 0 Å². The number of ether oxygens (including phenoxy) is 2. The van der Waals surface area contributed by atoms with Crippen LogP contribution in [-0.2, 0) is 6.54 Å². The fourth-order valence-corrected chi connectivity index (χ4v) is 2.07. The minimum atomic E-state index is -0.989. The molecule has 0 heterocycles. The molecule has 0 saturated heterocycles. The van der Waals surface area contributed by atoms with Crippen LogP contribution in [-0.4, -0.2) is 25.1 Å². The quantitative estimate of drug-likeness (QED) is 0.648. The maximum absolute atomic E-state index is 13.3. The number of nitro groups is 1. The minimum Gasteiger partial charge on any atom is -0.493 e. The molecule has 1 amide bonds. The average Bonchev–Trinajstić information content (AvgIpc) is 2.59. The van der Waals surface area contributed by atoms with E-state index >= 15 is 0 Å². The molecule has 0 bridgehead atoms. The highest BCUT2D eigenvalue weighted by Gasteiger charge is 2.17. The van der Waals surface area contributed by atoms with Crippen molar-refractivity contribution in [3.8, 4) is 11.5 Å². The number of hydrogen-bond donors (Lipinski definition) is 1. The number of nitrogens with zero attached hydrogens (tertiary/aromatic N) is 1. The van der Waals surface area contributed by atoms with Crippen LogP contribution in [0.25, 0.3) is 0 Å². The third kappa shape index (κ3) is 3.78. The lowest BCUT2D eigenvalue weighted by molar-refractivity contribution is -0.387. The number of methoxy groups -OCH3 is 2. The molecule has 0 saturated carbocycles. The Morgan fingerprint density at radius 1 is 1.17 bits per heavy atom. The number of rotatable bonds is 6. The normalized spacial score (nSPS) is 10.1. The van der Waals surface area contributed by atoms with Gasteiger partial charge in [0.25, 0.3) is 5.91 Å². The van der Waals surface area contributed by atoms with Gasteiger partial charge in [-0.05, 0) is 29.8 Å². The molecule has 1 N–H and O–H groups in total. The van der Waals surface area contributed by atoms with E-state index < -0.39 is 22.3 Å². The van der Waals surface area contributed by atoms with E-state index in [1.54, 1.807) is 18.2 Å². The lowest BCUT2D eigenvalue weighted by Crippen LogP contribution is -2.23. The molecule has 0 aliphatic rings. The van der Waals surface area contributed by atoms with Crippen LogP contribution in [0.2, 0.25) is 0 Å². The van der Waals surface area contributed by atoms with Gasteiger partial charge in [0, 0.05) is 18.2 Å². The van der Waals surface area contributed by atoms with Gasteiger partial charge in [-0.25, -0.2) is 0 Å². The third-order valence-electron chi connectivity index (χ3n) is 3.31. The molecule has 0 unspecified atom stereocenters. The summed E-state index contributed by atoms with van der Waals surface area (Å²) >= 11 is 0. The first-order valence-electron chi connectivity index (χ1n) is 6.89. The number of benzene rings is 2. The largest absolute Gasteiger partial charge is 0.493 e. The average molecular weight is 334 g/mol. The van der Waals surface area contributed by atoms with Gasteiger partial charge < -0.3 is 14.8 Å². The molecule has 2 aromatic carbocycles. The molecule has 126 valence electrons. The second kappa shape index (κ2) is 7.40. The molecule has 7 nitrogen and oxygen atoms in total. The SMILES string of the molecule is COc1ccc(CNC(=O)c2ccc(F)c([N+](=O)[O-])c2)cc1OC. The zero-order chi connectivity index (χ0) is 17.7. The molecular formula is C16H15FN2O5. The predicted molar refractivity (Wildman–Crippen MR) is 83.8 cm³/mol. The van der Waals surface area contributed by atoms with E-state index in [4.69, 9.17) is 9.47 Å². The van der Waals surface area contributed by atoms with Crippen LogP contribution < -0.4 is 14.8 Å². The summed E-state index contributed by atoms with van der Waals surface area (Å²) in [6.45, 7) is 0.171. The zero-order valence-corrected chi connectivity index (χ0v) is 13.0. The van der Waals surface area contributed by atoms with Crippen LogP contribution in [0.15, 0.2) is 36.4 Å². The van der Waals surface area contributed by atoms with E-state index in [1.165, 1.54) is 20.3 Å². The first kappa shape index (κ1) is 17.2. The van der Waals surface area contributed by atoms with Gasteiger partial charge in [-0.15, -0.1) is 0 Å². The first-order chi connectivity index (χ1) is 11.5. The summed E-state index contributed by atoms with van der Waals surface area (Å²) in [6.07, 6.45) is 0. The van der Waals surface area contributed by atoms with E-state index in [9.17, 15) is 19.3 Å². The summed E-state index contributed by atoms with van der Waals surface area (Å²) in [5.41, 5.74) is 0.00922. The van der Waals surface area contributed by atoms with E-state index in [1.807, 2.05) is 0 Å². The van der Waals surface area contributed by atoms with Crippen LogP contribution in [0.4, 0.5) is 10.1 Å². The Morgan fingerprint density at radius 3 is 2.50 bits per heavy atom. The molecule has 0 spiro atoms. The summed E-state index contributed by atoms with van der Waals surface area (Å²) in [5.74, 6) is -0.465. The second-order valence-corrected chi connectivity index (χ2v) is 4.80. The zero-order valence-electron chi connectivity index (χ0n) is 13.0. The number of nitrogens with one attached hydrogen (secondary N) is 1. The smallest absolute Gasteiger partial charge is 0.305 e. The summed E-state index contributed by atoms with van der Waals surface area (Å²) in [4.78, 5) is 21.9. The predicted octanol–water partition coefficient (Wildman–Crippen LogP) is 2.68. The van der Waals surface area contributed by atoms with Crippen molar-refractivity contribution in [3.63, 3.8) is 0 Å². The molecule has 2 rings (SSSR count). The van der Waals surface area contributed by atoms with Gasteiger partial charge in [0.05, 0.1) is 19.1 Å². The number of carbonyl (C=O) groups excluding carboxylic acids is 1. The molecule has 8 heteroatoms. The molecule has 2 aromatic rings. The van der Waals surface area contributed by atoms with Crippen LogP contribution >= 0.6 is 0 Å². The Morgan fingerprint density at radius 2 is 1.88 bits per heavy atom. The van der Waals surface area contributed by atoms with E-state index in [-0.39, 0.29) is 12.1 Å². The van der Waals surface area contributed by atoms with Crippen LogP contribution in [0.3, 0.4) is 0 Å². The summed E-state index contributed by atoms with van der Waals surface area (Å²) in [7, 11) is 3.01. The lowest BCUT2D eigenvalue weighted by Gasteiger charge is -2.10. The first-order valence-corrected chi connectivity index (χ1v) is 6.89. The fourth-order valence-electron chi connectivity index (χ4n) is 2.07. The monoisotopic (exact) mass is 334 g/mol. The molecule has 24 heavy (non-hydrogen) atoms. The standard InChI is InChI=1S/C16H15FN2O5/c1-23-14-6-3-10(7-15(14)24-2)9-18-16(20)11-4-5-12(17)13(8-11)19(21)22/h3-8H,9H2,1-2H3,(H,18,20). The van der Waals surface area contributed by atoms with Crippen molar-refractivity contribution in [3.05, 3.63) is 63.5 Å². The number of halogens is 1. The molecule has 0 fully saturated rings. The van der Waals surface area contributed by atoms with E-state index in [0.717, 1.165) is 17.7 Å². The van der Waals surface area contributed by atoms with Crippen molar-refractivity contribution < 1.29 is 23.6 Å². The summed E-state index contributed by atoms with van der Waals surface area (Å²) < 4.78 is 23.6. The second-order valence-electron chi connectivity index (χ2n) is 4.80. The van der Waals surface area contributed by atoms with Gasteiger partial charge in [0.2, 0.25) is 5.82 Å². The molecule has 0 radical (unpaired) electrons. The van der Waals surface area contributed by atoms with Crippen molar-refractivity contribution in [2.24, 2.45) is 0 Å². The Bertz CT molecular complexity index is 779. The highest BCUT2D eigenvalue weighted by Crippen LogP contribution is 2.27. The third-order valence-corrected chi connectivity index (χ3v) is 3.31. The van der Waals surface area contributed by atoms with Gasteiger partial charge in [-0.3, -0.25) is 14.9 Å². The van der Waals surface area contributed by atoms with Gasteiger partial charge in [-0.1, -0.05) is 6.07 Å². The molecule has 0 aliphatic carbocycles. The van der Waals surface area contributed by atoms with Crippen LogP contribution in [0, 0.1) is 15.9 Å². The maximum atomic E-state index is 13.3. The number of amides is 1. The minimum absolute atomic E-state index is 0.00331. The van der Waals surface area contributed by atoms with Crippen molar-refractivity contribution >= 4 is 11.6 Å². The van der Waals surface area contributed by atoms with Crippen molar-refractivity contribution in [1.82, 2.24) is 5.32 Å². The Labute approximate surface area is 137 Å².